The first-order chi connectivity index (χ1) is 6.31. The summed E-state index contributed by atoms with van der Waals surface area (Å²) in [5.41, 5.74) is 0. The molecule has 0 fully saturated rings. The molecule has 0 spiro atoms. The number of halogens is 1. The van der Waals surface area contributed by atoms with E-state index in [1.54, 1.807) is 7.11 Å². The second kappa shape index (κ2) is 9.95. The van der Waals surface area contributed by atoms with Gasteiger partial charge in [-0.3, -0.25) is 4.79 Å². The van der Waals surface area contributed by atoms with Crippen LogP contribution in [-0.4, -0.2) is 44.7 Å². The average molecular weight is 254 g/mol. The molecule has 0 bridgehead atoms. The normalized spacial score (nSPS) is 10.0. The van der Waals surface area contributed by atoms with Crippen LogP contribution in [0.5, 0.6) is 0 Å². The molecule has 0 aliphatic rings. The van der Waals surface area contributed by atoms with Gasteiger partial charge in [-0.15, -0.1) is 0 Å². The third-order valence-corrected chi connectivity index (χ3v) is 1.86. The summed E-state index contributed by atoms with van der Waals surface area (Å²) in [6, 6.07) is 0. The van der Waals surface area contributed by atoms with E-state index >= 15 is 0 Å². The largest absolute Gasteiger partial charge is 0.382 e. The zero-order valence-electron chi connectivity index (χ0n) is 7.85. The predicted molar refractivity (Wildman–Crippen MR) is 54.1 cm³/mol. The van der Waals surface area contributed by atoms with Crippen molar-refractivity contribution in [3.63, 3.8) is 0 Å². The molecule has 0 aromatic rings. The molecule has 1 N–H and O–H groups in total. The van der Waals surface area contributed by atoms with Gasteiger partial charge in [0, 0.05) is 19.0 Å². The van der Waals surface area contributed by atoms with E-state index in [0.29, 0.717) is 19.8 Å². The standard InChI is InChI=1S/C8H16BrNO3/c1-12-5-6-13-7-8(11)10-4-2-3-9/h2-7H2,1H3,(H,10,11). The summed E-state index contributed by atoms with van der Waals surface area (Å²) in [5, 5.41) is 3.63. The fraction of sp³-hybridized carbons (Fsp3) is 0.875. The SMILES string of the molecule is COCCOCC(=O)NCCCBr. The van der Waals surface area contributed by atoms with Crippen LogP contribution in [0.15, 0.2) is 0 Å². The molecule has 0 saturated heterocycles. The second-order valence-electron chi connectivity index (χ2n) is 2.44. The first-order valence-electron chi connectivity index (χ1n) is 4.20. The topological polar surface area (TPSA) is 47.6 Å². The van der Waals surface area contributed by atoms with E-state index in [4.69, 9.17) is 9.47 Å². The Morgan fingerprint density at radius 3 is 2.85 bits per heavy atom. The van der Waals surface area contributed by atoms with Crippen molar-refractivity contribution in [3.8, 4) is 0 Å². The summed E-state index contributed by atoms with van der Waals surface area (Å²) >= 11 is 3.27. The number of carbonyl (C=O) groups is 1. The molecule has 0 aliphatic heterocycles. The van der Waals surface area contributed by atoms with Crippen molar-refractivity contribution >= 4 is 21.8 Å². The first kappa shape index (κ1) is 12.9. The zero-order chi connectivity index (χ0) is 9.94. The van der Waals surface area contributed by atoms with E-state index in [1.807, 2.05) is 0 Å². The van der Waals surface area contributed by atoms with Crippen LogP contribution >= 0.6 is 15.9 Å². The number of rotatable bonds is 8. The number of hydrogen-bond donors (Lipinski definition) is 1. The third kappa shape index (κ3) is 9.79. The van der Waals surface area contributed by atoms with Crippen molar-refractivity contribution in [2.75, 3.05) is 38.8 Å². The monoisotopic (exact) mass is 253 g/mol. The van der Waals surface area contributed by atoms with Crippen molar-refractivity contribution in [3.05, 3.63) is 0 Å². The Morgan fingerprint density at radius 1 is 1.46 bits per heavy atom. The molecule has 0 aromatic carbocycles. The minimum Gasteiger partial charge on any atom is -0.382 e. The Labute approximate surface area is 87.1 Å². The molecule has 5 heteroatoms. The Kier molecular flexibility index (Phi) is 9.85. The number of carbonyl (C=O) groups excluding carboxylic acids is 1. The maximum atomic E-state index is 11.0. The van der Waals surface area contributed by atoms with E-state index in [0.717, 1.165) is 11.8 Å². The lowest BCUT2D eigenvalue weighted by Gasteiger charge is -2.04. The zero-order valence-corrected chi connectivity index (χ0v) is 9.43. The molecular weight excluding hydrogens is 238 g/mol. The van der Waals surface area contributed by atoms with Crippen LogP contribution in [0.25, 0.3) is 0 Å². The summed E-state index contributed by atoms with van der Waals surface area (Å²) in [6.07, 6.45) is 0.934. The average Bonchev–Trinajstić information content (AvgIpc) is 2.13. The minimum absolute atomic E-state index is 0.0722. The molecule has 0 heterocycles. The Bertz CT molecular complexity index is 133. The third-order valence-electron chi connectivity index (χ3n) is 1.30. The molecule has 0 saturated carbocycles. The molecule has 0 aliphatic carbocycles. The summed E-state index contributed by atoms with van der Waals surface area (Å²) in [4.78, 5) is 11.0. The van der Waals surface area contributed by atoms with Crippen LogP contribution in [0.4, 0.5) is 0 Å². The summed E-state index contributed by atoms with van der Waals surface area (Å²) in [5.74, 6) is -0.0722. The molecule has 0 rings (SSSR count). The maximum absolute atomic E-state index is 11.0. The molecule has 0 radical (unpaired) electrons. The fourth-order valence-electron chi connectivity index (χ4n) is 0.653. The van der Waals surface area contributed by atoms with Gasteiger partial charge in [0.1, 0.15) is 6.61 Å². The van der Waals surface area contributed by atoms with E-state index in [-0.39, 0.29) is 12.5 Å². The summed E-state index contributed by atoms with van der Waals surface area (Å²) < 4.78 is 9.78. The lowest BCUT2D eigenvalue weighted by atomic mass is 10.5. The van der Waals surface area contributed by atoms with Crippen molar-refractivity contribution in [2.24, 2.45) is 0 Å². The molecule has 1 amide bonds. The Balaban J connectivity index is 3.11. The van der Waals surface area contributed by atoms with Crippen molar-refractivity contribution < 1.29 is 14.3 Å². The highest BCUT2D eigenvalue weighted by atomic mass is 79.9. The highest BCUT2D eigenvalue weighted by molar-refractivity contribution is 9.09. The first-order valence-corrected chi connectivity index (χ1v) is 5.32. The van der Waals surface area contributed by atoms with Gasteiger partial charge >= 0.3 is 0 Å². The Hall–Kier alpha value is -0.130. The number of hydrogen-bond acceptors (Lipinski definition) is 3. The van der Waals surface area contributed by atoms with E-state index < -0.39 is 0 Å². The maximum Gasteiger partial charge on any atom is 0.245 e. The minimum atomic E-state index is -0.0722. The van der Waals surface area contributed by atoms with E-state index in [1.165, 1.54) is 0 Å². The lowest BCUT2D eigenvalue weighted by Crippen LogP contribution is -2.29. The summed E-state index contributed by atoms with van der Waals surface area (Å²) in [7, 11) is 1.60. The van der Waals surface area contributed by atoms with Crippen LogP contribution in [0.3, 0.4) is 0 Å². The van der Waals surface area contributed by atoms with Gasteiger partial charge in [0.2, 0.25) is 5.91 Å². The smallest absolute Gasteiger partial charge is 0.245 e. The van der Waals surface area contributed by atoms with Gasteiger partial charge in [-0.2, -0.15) is 0 Å². The van der Waals surface area contributed by atoms with Gasteiger partial charge in [0.05, 0.1) is 13.2 Å². The van der Waals surface area contributed by atoms with Gasteiger partial charge in [-0.05, 0) is 6.42 Å². The quantitative estimate of drug-likeness (QED) is 0.508. The van der Waals surface area contributed by atoms with Crippen LogP contribution in [0.1, 0.15) is 6.42 Å². The number of amides is 1. The number of alkyl halides is 1. The van der Waals surface area contributed by atoms with Gasteiger partial charge in [0.25, 0.3) is 0 Å². The summed E-state index contributed by atoms with van der Waals surface area (Å²) in [6.45, 7) is 1.79. The lowest BCUT2D eigenvalue weighted by molar-refractivity contribution is -0.126. The van der Waals surface area contributed by atoms with Gasteiger partial charge < -0.3 is 14.8 Å². The van der Waals surface area contributed by atoms with Crippen molar-refractivity contribution in [1.29, 1.82) is 0 Å². The fourth-order valence-corrected chi connectivity index (χ4v) is 0.933. The van der Waals surface area contributed by atoms with Gasteiger partial charge in [-0.25, -0.2) is 0 Å². The molecule has 4 nitrogen and oxygen atoms in total. The van der Waals surface area contributed by atoms with Crippen LogP contribution < -0.4 is 5.32 Å². The van der Waals surface area contributed by atoms with Crippen molar-refractivity contribution in [1.82, 2.24) is 5.32 Å². The van der Waals surface area contributed by atoms with Crippen LogP contribution in [0.2, 0.25) is 0 Å². The number of nitrogens with one attached hydrogen (secondary N) is 1. The second-order valence-corrected chi connectivity index (χ2v) is 3.23. The molecule has 0 unspecified atom stereocenters. The number of ether oxygens (including phenoxy) is 2. The molecule has 0 atom stereocenters. The van der Waals surface area contributed by atoms with E-state index in [2.05, 4.69) is 21.2 Å². The van der Waals surface area contributed by atoms with Crippen LogP contribution in [0, 0.1) is 0 Å². The number of methoxy groups -OCH3 is 1. The van der Waals surface area contributed by atoms with Crippen molar-refractivity contribution in [2.45, 2.75) is 6.42 Å². The molecule has 0 aromatic heterocycles. The molecule has 13 heavy (non-hydrogen) atoms. The molecular formula is C8H16BrNO3. The van der Waals surface area contributed by atoms with Gasteiger partial charge in [-0.1, -0.05) is 15.9 Å². The molecule has 78 valence electrons. The highest BCUT2D eigenvalue weighted by Crippen LogP contribution is 1.84. The Morgan fingerprint density at radius 2 is 2.23 bits per heavy atom. The predicted octanol–water partition coefficient (Wildman–Crippen LogP) is 0.551. The van der Waals surface area contributed by atoms with Gasteiger partial charge in [0.15, 0.2) is 0 Å². The van der Waals surface area contributed by atoms with Crippen LogP contribution in [-0.2, 0) is 14.3 Å². The highest BCUT2D eigenvalue weighted by Gasteiger charge is 1.98. The van der Waals surface area contributed by atoms with E-state index in [9.17, 15) is 4.79 Å².